The first kappa shape index (κ1) is 16.8. The van der Waals surface area contributed by atoms with Crippen LogP contribution in [-0.4, -0.2) is 54.4 Å². The third kappa shape index (κ3) is 5.00. The molecule has 6 heteroatoms. The molecule has 1 heterocycles. The van der Waals surface area contributed by atoms with Crippen LogP contribution in [0.3, 0.4) is 0 Å². The minimum atomic E-state index is -0.483. The summed E-state index contributed by atoms with van der Waals surface area (Å²) in [6.45, 7) is 6.61. The number of aliphatic hydroxyl groups excluding tert-OH is 1. The van der Waals surface area contributed by atoms with Gasteiger partial charge in [-0.15, -0.1) is 0 Å². The summed E-state index contributed by atoms with van der Waals surface area (Å²) < 4.78 is 4.60. The van der Waals surface area contributed by atoms with Crippen molar-refractivity contribution >= 4 is 12.0 Å². The van der Waals surface area contributed by atoms with Crippen LogP contribution in [0, 0.1) is 11.8 Å². The van der Waals surface area contributed by atoms with Crippen molar-refractivity contribution in [2.24, 2.45) is 11.8 Å². The number of aliphatic hydroxyl groups is 1. The molecular formula is C14H26N2O4. The number of alkyl carbamates (subject to hydrolysis) is 1. The number of hydrogen-bond acceptors (Lipinski definition) is 4. The lowest BCUT2D eigenvalue weighted by Gasteiger charge is -2.38. The Kier molecular flexibility index (Phi) is 6.26. The number of amides is 2. The van der Waals surface area contributed by atoms with E-state index in [9.17, 15) is 14.7 Å². The number of nitrogens with zero attached hydrogens (tertiary/aromatic N) is 1. The zero-order valence-electron chi connectivity index (χ0n) is 12.8. The van der Waals surface area contributed by atoms with E-state index in [0.29, 0.717) is 19.5 Å². The summed E-state index contributed by atoms with van der Waals surface area (Å²) in [6, 6.07) is -0.121. The largest absolute Gasteiger partial charge is 0.453 e. The SMILES string of the molecule is COC(=O)NC1CC(CC(O)C(C)C)CN(C(C)=O)C1. The Morgan fingerprint density at radius 3 is 2.55 bits per heavy atom. The van der Waals surface area contributed by atoms with Gasteiger partial charge < -0.3 is 20.1 Å². The molecule has 2 amide bonds. The molecule has 0 spiro atoms. The van der Waals surface area contributed by atoms with Crippen LogP contribution in [0.15, 0.2) is 0 Å². The molecular weight excluding hydrogens is 260 g/mol. The second-order valence-electron chi connectivity index (χ2n) is 5.91. The molecule has 0 bridgehead atoms. The molecule has 1 aliphatic heterocycles. The first-order valence-corrected chi connectivity index (χ1v) is 7.11. The topological polar surface area (TPSA) is 78.9 Å². The predicted octanol–water partition coefficient (Wildman–Crippen LogP) is 0.986. The smallest absolute Gasteiger partial charge is 0.407 e. The number of carbonyl (C=O) groups excluding carboxylic acids is 2. The third-order valence-corrected chi connectivity index (χ3v) is 3.83. The molecule has 116 valence electrons. The Morgan fingerprint density at radius 2 is 2.05 bits per heavy atom. The van der Waals surface area contributed by atoms with Crippen LogP contribution in [0.25, 0.3) is 0 Å². The van der Waals surface area contributed by atoms with E-state index in [0.717, 1.165) is 6.42 Å². The Balaban J connectivity index is 2.65. The van der Waals surface area contributed by atoms with Crippen LogP contribution in [-0.2, 0) is 9.53 Å². The standard InChI is InChI=1S/C14H26N2O4/c1-9(2)13(18)6-11-5-12(15-14(19)20-4)8-16(7-11)10(3)17/h9,11-13,18H,5-8H2,1-4H3,(H,15,19). The maximum absolute atomic E-state index is 11.6. The Labute approximate surface area is 120 Å². The fourth-order valence-electron chi connectivity index (χ4n) is 2.58. The van der Waals surface area contributed by atoms with Crippen LogP contribution >= 0.6 is 0 Å². The van der Waals surface area contributed by atoms with Crippen molar-refractivity contribution < 1.29 is 19.4 Å². The summed E-state index contributed by atoms with van der Waals surface area (Å²) in [4.78, 5) is 24.6. The zero-order valence-corrected chi connectivity index (χ0v) is 12.8. The average molecular weight is 286 g/mol. The number of nitrogens with one attached hydrogen (secondary N) is 1. The highest BCUT2D eigenvalue weighted by Gasteiger charge is 2.31. The summed E-state index contributed by atoms with van der Waals surface area (Å²) >= 11 is 0. The van der Waals surface area contributed by atoms with Crippen molar-refractivity contribution in [2.45, 2.75) is 45.8 Å². The molecule has 0 aliphatic carbocycles. The summed E-state index contributed by atoms with van der Waals surface area (Å²) in [5, 5.41) is 12.8. The first-order chi connectivity index (χ1) is 9.33. The van der Waals surface area contributed by atoms with E-state index in [2.05, 4.69) is 10.1 Å². The van der Waals surface area contributed by atoms with Gasteiger partial charge in [0.2, 0.25) is 5.91 Å². The van der Waals surface area contributed by atoms with Gasteiger partial charge in [0.15, 0.2) is 0 Å². The summed E-state index contributed by atoms with van der Waals surface area (Å²) in [7, 11) is 1.32. The van der Waals surface area contributed by atoms with Gasteiger partial charge in [0.1, 0.15) is 0 Å². The van der Waals surface area contributed by atoms with E-state index in [-0.39, 0.29) is 29.9 Å². The maximum atomic E-state index is 11.6. The predicted molar refractivity (Wildman–Crippen MR) is 75.2 cm³/mol. The fraction of sp³-hybridized carbons (Fsp3) is 0.857. The molecule has 0 aromatic rings. The molecule has 1 fully saturated rings. The minimum Gasteiger partial charge on any atom is -0.453 e. The van der Waals surface area contributed by atoms with E-state index >= 15 is 0 Å². The maximum Gasteiger partial charge on any atom is 0.407 e. The molecule has 0 saturated carbocycles. The normalized spacial score (nSPS) is 24.4. The molecule has 0 radical (unpaired) electrons. The number of rotatable bonds is 4. The van der Waals surface area contributed by atoms with Crippen molar-refractivity contribution in [1.29, 1.82) is 0 Å². The van der Waals surface area contributed by atoms with Gasteiger partial charge in [0, 0.05) is 20.0 Å². The quantitative estimate of drug-likeness (QED) is 0.807. The van der Waals surface area contributed by atoms with Crippen LogP contribution in [0.5, 0.6) is 0 Å². The van der Waals surface area contributed by atoms with Crippen molar-refractivity contribution in [2.75, 3.05) is 20.2 Å². The van der Waals surface area contributed by atoms with Gasteiger partial charge in [0.25, 0.3) is 0 Å². The van der Waals surface area contributed by atoms with E-state index in [1.54, 1.807) is 4.90 Å². The lowest BCUT2D eigenvalue weighted by Crippen LogP contribution is -2.52. The Hall–Kier alpha value is -1.30. The Bertz CT molecular complexity index is 346. The molecule has 0 aromatic carbocycles. The highest BCUT2D eigenvalue weighted by Crippen LogP contribution is 2.24. The molecule has 6 nitrogen and oxygen atoms in total. The van der Waals surface area contributed by atoms with Crippen LogP contribution in [0.4, 0.5) is 4.79 Å². The van der Waals surface area contributed by atoms with E-state index in [1.165, 1.54) is 14.0 Å². The van der Waals surface area contributed by atoms with Gasteiger partial charge in [-0.25, -0.2) is 4.79 Å². The van der Waals surface area contributed by atoms with Gasteiger partial charge in [-0.2, -0.15) is 0 Å². The average Bonchev–Trinajstić information content (AvgIpc) is 2.37. The highest BCUT2D eigenvalue weighted by atomic mass is 16.5. The minimum absolute atomic E-state index is 0.00889. The fourth-order valence-corrected chi connectivity index (χ4v) is 2.58. The van der Waals surface area contributed by atoms with Gasteiger partial charge >= 0.3 is 6.09 Å². The van der Waals surface area contributed by atoms with Crippen LogP contribution < -0.4 is 5.32 Å². The van der Waals surface area contributed by atoms with E-state index < -0.39 is 6.09 Å². The number of hydrogen-bond donors (Lipinski definition) is 2. The first-order valence-electron chi connectivity index (χ1n) is 7.11. The number of likely N-dealkylation sites (tertiary alicyclic amines) is 1. The second-order valence-corrected chi connectivity index (χ2v) is 5.91. The summed E-state index contributed by atoms with van der Waals surface area (Å²) in [5.74, 6) is 0.368. The van der Waals surface area contributed by atoms with E-state index in [4.69, 9.17) is 0 Å². The molecule has 3 unspecified atom stereocenters. The summed E-state index contributed by atoms with van der Waals surface area (Å²) in [5.41, 5.74) is 0. The van der Waals surface area contributed by atoms with Gasteiger partial charge in [-0.05, 0) is 24.7 Å². The van der Waals surface area contributed by atoms with Crippen molar-refractivity contribution in [3.05, 3.63) is 0 Å². The summed E-state index contributed by atoms with van der Waals surface area (Å²) in [6.07, 6.45) is 0.526. The highest BCUT2D eigenvalue weighted by molar-refractivity contribution is 5.73. The number of methoxy groups -OCH3 is 1. The van der Waals surface area contributed by atoms with Gasteiger partial charge in [0.05, 0.1) is 19.3 Å². The number of ether oxygens (including phenoxy) is 1. The molecule has 1 saturated heterocycles. The zero-order chi connectivity index (χ0) is 15.3. The molecule has 0 aromatic heterocycles. The number of piperidine rings is 1. The molecule has 3 atom stereocenters. The lowest BCUT2D eigenvalue weighted by molar-refractivity contribution is -0.131. The van der Waals surface area contributed by atoms with Crippen LogP contribution in [0.2, 0.25) is 0 Å². The third-order valence-electron chi connectivity index (χ3n) is 3.83. The lowest BCUT2D eigenvalue weighted by atomic mass is 9.87. The second kappa shape index (κ2) is 7.47. The van der Waals surface area contributed by atoms with Crippen molar-refractivity contribution in [1.82, 2.24) is 10.2 Å². The van der Waals surface area contributed by atoms with Gasteiger partial charge in [-0.3, -0.25) is 4.79 Å². The molecule has 20 heavy (non-hydrogen) atoms. The number of carbonyl (C=O) groups is 2. The molecule has 1 aliphatic rings. The monoisotopic (exact) mass is 286 g/mol. The molecule has 1 rings (SSSR count). The van der Waals surface area contributed by atoms with Gasteiger partial charge in [-0.1, -0.05) is 13.8 Å². The van der Waals surface area contributed by atoms with E-state index in [1.807, 2.05) is 13.8 Å². The van der Waals surface area contributed by atoms with Crippen molar-refractivity contribution in [3.63, 3.8) is 0 Å². The molecule has 2 N–H and O–H groups in total. The Morgan fingerprint density at radius 1 is 1.40 bits per heavy atom. The van der Waals surface area contributed by atoms with Crippen LogP contribution in [0.1, 0.15) is 33.6 Å². The van der Waals surface area contributed by atoms with Crippen molar-refractivity contribution in [3.8, 4) is 0 Å².